The van der Waals surface area contributed by atoms with Gasteiger partial charge in [0.1, 0.15) is 6.33 Å². The van der Waals surface area contributed by atoms with Crippen LogP contribution in [0.15, 0.2) is 29.7 Å². The Labute approximate surface area is 140 Å². The lowest BCUT2D eigenvalue weighted by Crippen LogP contribution is -2.28. The number of nitrogens with zero attached hydrogens (tertiary/aromatic N) is 3. The van der Waals surface area contributed by atoms with Crippen LogP contribution in [0.2, 0.25) is 0 Å². The number of aromatic nitrogens is 3. The Balaban J connectivity index is 1.54. The summed E-state index contributed by atoms with van der Waals surface area (Å²) in [6.45, 7) is 6.20. The topological polar surface area (TPSA) is 59.8 Å². The average Bonchev–Trinajstić information content (AvgIpc) is 3.26. The summed E-state index contributed by atoms with van der Waals surface area (Å²) in [6, 6.07) is 6.84. The lowest BCUT2D eigenvalue weighted by Gasteiger charge is -2.15. The summed E-state index contributed by atoms with van der Waals surface area (Å²) in [7, 11) is 0. The molecule has 1 heterocycles. The monoisotopic (exact) mass is 330 g/mol. The van der Waals surface area contributed by atoms with Gasteiger partial charge in [-0.2, -0.15) is 0 Å². The maximum atomic E-state index is 12.2. The standard InChI is InChI=1S/C17H22N4OS/c1-11-4-5-14(8-12(11)2)13(3)19-16(22)9-23-17-20-18-10-21(17)15-6-7-15/h4-5,8,10,13,15H,6-7,9H2,1-3H3,(H,19,22). The van der Waals surface area contributed by atoms with E-state index in [1.807, 2.05) is 6.92 Å². The van der Waals surface area contributed by atoms with E-state index < -0.39 is 0 Å². The summed E-state index contributed by atoms with van der Waals surface area (Å²) in [5, 5.41) is 11.9. The second kappa shape index (κ2) is 6.74. The fraction of sp³-hybridized carbons (Fsp3) is 0.471. The molecule has 1 unspecified atom stereocenters. The van der Waals surface area contributed by atoms with E-state index in [4.69, 9.17) is 0 Å². The van der Waals surface area contributed by atoms with E-state index >= 15 is 0 Å². The Morgan fingerprint density at radius 2 is 2.17 bits per heavy atom. The zero-order valence-electron chi connectivity index (χ0n) is 13.7. The Kier molecular flexibility index (Phi) is 4.71. The van der Waals surface area contributed by atoms with Crippen LogP contribution in [0.25, 0.3) is 0 Å². The van der Waals surface area contributed by atoms with Crippen LogP contribution in [0.5, 0.6) is 0 Å². The van der Waals surface area contributed by atoms with Crippen molar-refractivity contribution in [1.82, 2.24) is 20.1 Å². The quantitative estimate of drug-likeness (QED) is 0.826. The fourth-order valence-corrected chi connectivity index (χ4v) is 3.26. The Bertz CT molecular complexity index is 708. The summed E-state index contributed by atoms with van der Waals surface area (Å²) in [6.07, 6.45) is 4.12. The van der Waals surface area contributed by atoms with Crippen molar-refractivity contribution in [2.45, 2.75) is 50.9 Å². The number of aryl methyl sites for hydroxylation is 2. The van der Waals surface area contributed by atoms with Crippen molar-refractivity contribution in [3.8, 4) is 0 Å². The van der Waals surface area contributed by atoms with Crippen LogP contribution in [-0.2, 0) is 4.79 Å². The van der Waals surface area contributed by atoms with Gasteiger partial charge < -0.3 is 9.88 Å². The highest BCUT2D eigenvalue weighted by atomic mass is 32.2. The second-order valence-corrected chi connectivity index (χ2v) is 7.12. The molecule has 1 saturated carbocycles. The van der Waals surface area contributed by atoms with Crippen LogP contribution in [0, 0.1) is 13.8 Å². The van der Waals surface area contributed by atoms with E-state index in [2.05, 4.69) is 52.1 Å². The highest BCUT2D eigenvalue weighted by Crippen LogP contribution is 2.37. The van der Waals surface area contributed by atoms with Crippen LogP contribution in [0.3, 0.4) is 0 Å². The number of thioether (sulfide) groups is 1. The molecule has 3 rings (SSSR count). The van der Waals surface area contributed by atoms with Crippen LogP contribution in [0.4, 0.5) is 0 Å². The minimum Gasteiger partial charge on any atom is -0.349 e. The third-order valence-corrected chi connectivity index (χ3v) is 5.18. The molecule has 1 atom stereocenters. The molecule has 0 aliphatic heterocycles. The first-order valence-electron chi connectivity index (χ1n) is 7.93. The lowest BCUT2D eigenvalue weighted by molar-refractivity contribution is -0.119. The number of hydrogen-bond acceptors (Lipinski definition) is 4. The van der Waals surface area contributed by atoms with Crippen LogP contribution in [0.1, 0.15) is 48.5 Å². The van der Waals surface area contributed by atoms with Gasteiger partial charge in [-0.3, -0.25) is 4.79 Å². The zero-order chi connectivity index (χ0) is 16.4. The Morgan fingerprint density at radius 1 is 1.39 bits per heavy atom. The normalized spacial score (nSPS) is 15.4. The van der Waals surface area contributed by atoms with Gasteiger partial charge in [-0.25, -0.2) is 0 Å². The summed E-state index contributed by atoms with van der Waals surface area (Å²) in [5.74, 6) is 0.381. The first kappa shape index (κ1) is 16.1. The Morgan fingerprint density at radius 3 is 2.87 bits per heavy atom. The second-order valence-electron chi connectivity index (χ2n) is 6.17. The summed E-state index contributed by atoms with van der Waals surface area (Å²) < 4.78 is 2.07. The molecule has 0 saturated heterocycles. The Hall–Kier alpha value is -1.82. The molecule has 5 nitrogen and oxygen atoms in total. The molecule has 0 bridgehead atoms. The molecule has 1 amide bonds. The third kappa shape index (κ3) is 3.93. The third-order valence-electron chi connectivity index (χ3n) is 4.22. The number of nitrogens with one attached hydrogen (secondary N) is 1. The largest absolute Gasteiger partial charge is 0.349 e. The van der Waals surface area contributed by atoms with Crippen molar-refractivity contribution < 1.29 is 4.79 Å². The predicted octanol–water partition coefficient (Wildman–Crippen LogP) is 3.20. The van der Waals surface area contributed by atoms with Crippen LogP contribution >= 0.6 is 11.8 Å². The maximum Gasteiger partial charge on any atom is 0.230 e. The van der Waals surface area contributed by atoms with Crippen molar-refractivity contribution in [1.29, 1.82) is 0 Å². The summed E-state index contributed by atoms with van der Waals surface area (Å²) >= 11 is 1.45. The SMILES string of the molecule is Cc1ccc(C(C)NC(=O)CSc2nncn2C2CC2)cc1C. The molecular weight excluding hydrogens is 308 g/mol. The van der Waals surface area contributed by atoms with E-state index in [1.54, 1.807) is 6.33 Å². The highest BCUT2D eigenvalue weighted by molar-refractivity contribution is 7.99. The van der Waals surface area contributed by atoms with Gasteiger partial charge in [0.15, 0.2) is 5.16 Å². The van der Waals surface area contributed by atoms with Gasteiger partial charge in [0.05, 0.1) is 11.8 Å². The minimum atomic E-state index is 0.00343. The molecule has 1 aliphatic rings. The van der Waals surface area contributed by atoms with Crippen molar-refractivity contribution in [2.24, 2.45) is 0 Å². The molecule has 1 aromatic carbocycles. The molecule has 0 radical (unpaired) electrons. The molecule has 0 spiro atoms. The maximum absolute atomic E-state index is 12.2. The van der Waals surface area contributed by atoms with Gasteiger partial charge in [0, 0.05) is 6.04 Å². The fourth-order valence-electron chi connectivity index (χ4n) is 2.47. The highest BCUT2D eigenvalue weighted by Gasteiger charge is 2.26. The van der Waals surface area contributed by atoms with Gasteiger partial charge in [0.25, 0.3) is 0 Å². The number of carbonyl (C=O) groups is 1. The first-order valence-corrected chi connectivity index (χ1v) is 8.92. The predicted molar refractivity (Wildman–Crippen MR) is 91.5 cm³/mol. The van der Waals surface area contributed by atoms with E-state index in [9.17, 15) is 4.79 Å². The van der Waals surface area contributed by atoms with Crippen LogP contribution in [-0.4, -0.2) is 26.4 Å². The van der Waals surface area contributed by atoms with Crippen molar-refractivity contribution in [2.75, 3.05) is 5.75 Å². The minimum absolute atomic E-state index is 0.00343. The summed E-state index contributed by atoms with van der Waals surface area (Å²) in [5.41, 5.74) is 3.64. The van der Waals surface area contributed by atoms with E-state index in [1.165, 1.54) is 35.7 Å². The molecule has 1 aromatic heterocycles. The molecule has 6 heteroatoms. The lowest BCUT2D eigenvalue weighted by atomic mass is 10.0. The number of hydrogen-bond donors (Lipinski definition) is 1. The molecule has 1 aliphatic carbocycles. The molecule has 2 aromatic rings. The molecule has 122 valence electrons. The van der Waals surface area contributed by atoms with E-state index in [-0.39, 0.29) is 11.9 Å². The number of benzene rings is 1. The van der Waals surface area contributed by atoms with E-state index in [0.717, 1.165) is 10.7 Å². The molecule has 23 heavy (non-hydrogen) atoms. The van der Waals surface area contributed by atoms with Gasteiger partial charge >= 0.3 is 0 Å². The van der Waals surface area contributed by atoms with Gasteiger partial charge in [-0.1, -0.05) is 30.0 Å². The molecular formula is C17H22N4OS. The van der Waals surface area contributed by atoms with Crippen molar-refractivity contribution in [3.63, 3.8) is 0 Å². The first-order chi connectivity index (χ1) is 11.0. The van der Waals surface area contributed by atoms with E-state index in [0.29, 0.717) is 11.8 Å². The zero-order valence-corrected chi connectivity index (χ0v) is 14.6. The molecule has 1 fully saturated rings. The molecule has 1 N–H and O–H groups in total. The van der Waals surface area contributed by atoms with Gasteiger partial charge in [0.2, 0.25) is 5.91 Å². The van der Waals surface area contributed by atoms with Crippen molar-refractivity contribution in [3.05, 3.63) is 41.2 Å². The van der Waals surface area contributed by atoms with Crippen LogP contribution < -0.4 is 5.32 Å². The van der Waals surface area contributed by atoms with Gasteiger partial charge in [-0.15, -0.1) is 10.2 Å². The average molecular weight is 330 g/mol. The number of carbonyl (C=O) groups excluding carboxylic acids is 1. The number of amides is 1. The number of rotatable bonds is 6. The smallest absolute Gasteiger partial charge is 0.230 e. The summed E-state index contributed by atoms with van der Waals surface area (Å²) in [4.78, 5) is 12.2. The van der Waals surface area contributed by atoms with Crippen molar-refractivity contribution >= 4 is 17.7 Å². The van der Waals surface area contributed by atoms with Gasteiger partial charge in [-0.05, 0) is 50.3 Å².